The SMILES string of the molecule is CC(C)[C@H](NC(=O)c1ccco1)C(=O)OCc1cc(=O)n2ccsc2n1. The normalized spacial score (nSPS) is 12.3. The Bertz CT molecular complexity index is 974. The fourth-order valence-electron chi connectivity index (χ4n) is 2.31. The van der Waals surface area contributed by atoms with Crippen LogP contribution < -0.4 is 10.9 Å². The van der Waals surface area contributed by atoms with Gasteiger partial charge in [-0.25, -0.2) is 9.78 Å². The molecule has 0 aromatic carbocycles. The minimum atomic E-state index is -0.848. The molecule has 8 nitrogen and oxygen atoms in total. The summed E-state index contributed by atoms with van der Waals surface area (Å²) in [4.78, 5) is 41.2. The Morgan fingerprint density at radius 3 is 2.92 bits per heavy atom. The van der Waals surface area contributed by atoms with E-state index in [1.54, 1.807) is 31.5 Å². The highest BCUT2D eigenvalue weighted by Crippen LogP contribution is 2.10. The van der Waals surface area contributed by atoms with Crippen molar-refractivity contribution in [1.82, 2.24) is 14.7 Å². The largest absolute Gasteiger partial charge is 0.459 e. The molecule has 1 amide bonds. The molecule has 0 aliphatic carbocycles. The second-order valence-corrected chi connectivity index (χ2v) is 6.79. The van der Waals surface area contributed by atoms with Crippen molar-refractivity contribution in [2.75, 3.05) is 0 Å². The molecule has 3 heterocycles. The van der Waals surface area contributed by atoms with Crippen LogP contribution in [-0.4, -0.2) is 27.3 Å². The zero-order valence-corrected chi connectivity index (χ0v) is 15.0. The first kappa shape index (κ1) is 17.9. The number of esters is 1. The van der Waals surface area contributed by atoms with Gasteiger partial charge >= 0.3 is 5.97 Å². The summed E-state index contributed by atoms with van der Waals surface area (Å²) in [5.41, 5.74) is 0.111. The van der Waals surface area contributed by atoms with Gasteiger partial charge in [0.15, 0.2) is 10.7 Å². The van der Waals surface area contributed by atoms with Gasteiger partial charge in [-0.15, -0.1) is 11.3 Å². The molecular weight excluding hydrogens is 358 g/mol. The number of nitrogens with one attached hydrogen (secondary N) is 1. The predicted molar refractivity (Wildman–Crippen MR) is 93.9 cm³/mol. The molecule has 0 aliphatic rings. The van der Waals surface area contributed by atoms with E-state index in [4.69, 9.17) is 9.15 Å². The Balaban J connectivity index is 1.67. The number of furan rings is 1. The topological polar surface area (TPSA) is 103 Å². The number of thiazole rings is 1. The predicted octanol–water partition coefficient (Wildman–Crippen LogP) is 1.85. The monoisotopic (exact) mass is 375 g/mol. The summed E-state index contributed by atoms with van der Waals surface area (Å²) in [7, 11) is 0. The third-order valence-electron chi connectivity index (χ3n) is 3.67. The average Bonchev–Trinajstić information content (AvgIpc) is 3.28. The average molecular weight is 375 g/mol. The molecule has 1 N–H and O–H groups in total. The van der Waals surface area contributed by atoms with E-state index in [0.29, 0.717) is 10.7 Å². The van der Waals surface area contributed by atoms with Crippen molar-refractivity contribution >= 4 is 28.2 Å². The highest BCUT2D eigenvalue weighted by Gasteiger charge is 2.27. The number of hydrogen-bond donors (Lipinski definition) is 1. The van der Waals surface area contributed by atoms with E-state index >= 15 is 0 Å². The van der Waals surface area contributed by atoms with Crippen LogP contribution in [0, 0.1) is 5.92 Å². The van der Waals surface area contributed by atoms with Gasteiger partial charge in [-0.3, -0.25) is 14.0 Å². The van der Waals surface area contributed by atoms with Gasteiger partial charge in [0.2, 0.25) is 0 Å². The Morgan fingerprint density at radius 2 is 2.23 bits per heavy atom. The van der Waals surface area contributed by atoms with Crippen molar-refractivity contribution < 1.29 is 18.7 Å². The lowest BCUT2D eigenvalue weighted by Crippen LogP contribution is -2.45. The lowest BCUT2D eigenvalue weighted by Gasteiger charge is -2.20. The van der Waals surface area contributed by atoms with Crippen LogP contribution >= 0.6 is 11.3 Å². The fourth-order valence-corrected chi connectivity index (χ4v) is 3.05. The first-order chi connectivity index (χ1) is 12.5. The number of carbonyl (C=O) groups excluding carboxylic acids is 2. The van der Waals surface area contributed by atoms with Crippen molar-refractivity contribution in [3.8, 4) is 0 Å². The first-order valence-electron chi connectivity index (χ1n) is 7.92. The molecular formula is C17H17N3O5S. The molecule has 26 heavy (non-hydrogen) atoms. The van der Waals surface area contributed by atoms with Gasteiger partial charge in [-0.05, 0) is 18.1 Å². The molecule has 3 aromatic rings. The maximum Gasteiger partial charge on any atom is 0.329 e. The molecule has 3 rings (SSSR count). The van der Waals surface area contributed by atoms with Crippen molar-refractivity contribution in [3.05, 3.63) is 57.8 Å². The summed E-state index contributed by atoms with van der Waals surface area (Å²) < 4.78 is 11.7. The Hall–Kier alpha value is -2.94. The van der Waals surface area contributed by atoms with Crippen LogP contribution in [0.5, 0.6) is 0 Å². The highest BCUT2D eigenvalue weighted by molar-refractivity contribution is 7.15. The van der Waals surface area contributed by atoms with E-state index in [2.05, 4.69) is 10.3 Å². The summed E-state index contributed by atoms with van der Waals surface area (Å²) in [6.45, 7) is 3.43. The Morgan fingerprint density at radius 1 is 1.42 bits per heavy atom. The molecule has 0 unspecified atom stereocenters. The highest BCUT2D eigenvalue weighted by atomic mass is 32.1. The van der Waals surface area contributed by atoms with Gasteiger partial charge in [-0.1, -0.05) is 13.8 Å². The molecule has 0 radical (unpaired) electrons. The second kappa shape index (κ2) is 7.52. The molecule has 1 atom stereocenters. The number of ether oxygens (including phenoxy) is 1. The third kappa shape index (κ3) is 3.83. The third-order valence-corrected chi connectivity index (χ3v) is 4.43. The van der Waals surface area contributed by atoms with E-state index in [0.717, 1.165) is 0 Å². The first-order valence-corrected chi connectivity index (χ1v) is 8.80. The Kier molecular flexibility index (Phi) is 5.17. The Labute approximate surface area is 152 Å². The molecule has 9 heteroatoms. The molecule has 136 valence electrons. The van der Waals surface area contributed by atoms with Crippen molar-refractivity contribution in [3.63, 3.8) is 0 Å². The van der Waals surface area contributed by atoms with Gasteiger partial charge in [0, 0.05) is 17.6 Å². The summed E-state index contributed by atoms with van der Waals surface area (Å²) in [6.07, 6.45) is 3.01. The number of amides is 1. The fraction of sp³-hybridized carbons (Fsp3) is 0.294. The maximum atomic E-state index is 12.4. The number of hydrogen-bond acceptors (Lipinski definition) is 7. The summed E-state index contributed by atoms with van der Waals surface area (Å²) in [5, 5.41) is 4.35. The summed E-state index contributed by atoms with van der Waals surface area (Å²) >= 11 is 1.31. The minimum absolute atomic E-state index is 0.112. The number of carbonyl (C=O) groups is 2. The molecule has 3 aromatic heterocycles. The van der Waals surface area contributed by atoms with E-state index in [1.807, 2.05) is 0 Å². The van der Waals surface area contributed by atoms with Crippen molar-refractivity contribution in [2.45, 2.75) is 26.5 Å². The summed E-state index contributed by atoms with van der Waals surface area (Å²) in [6, 6.07) is 3.56. The lowest BCUT2D eigenvalue weighted by molar-refractivity contribution is -0.148. The lowest BCUT2D eigenvalue weighted by atomic mass is 10.0. The number of aromatic nitrogens is 2. The molecule has 0 spiro atoms. The van der Waals surface area contributed by atoms with Crippen LogP contribution in [0.1, 0.15) is 30.1 Å². The van der Waals surface area contributed by atoms with E-state index in [-0.39, 0.29) is 23.8 Å². The minimum Gasteiger partial charge on any atom is -0.459 e. The van der Waals surface area contributed by atoms with E-state index in [9.17, 15) is 14.4 Å². The summed E-state index contributed by atoms with van der Waals surface area (Å²) in [5.74, 6) is -1.18. The second-order valence-electron chi connectivity index (χ2n) is 5.92. The van der Waals surface area contributed by atoms with Gasteiger partial charge in [0.25, 0.3) is 11.5 Å². The standard InChI is InChI=1S/C17H17N3O5S/c1-10(2)14(19-15(22)12-4-3-6-24-12)16(23)25-9-11-8-13(21)20-5-7-26-17(20)18-11/h3-8,10,14H,9H2,1-2H3,(H,19,22)/t14-/m0/s1. The maximum absolute atomic E-state index is 12.4. The quantitative estimate of drug-likeness (QED) is 0.660. The van der Waals surface area contributed by atoms with Crippen LogP contribution in [0.25, 0.3) is 4.96 Å². The van der Waals surface area contributed by atoms with E-state index in [1.165, 1.54) is 34.1 Å². The zero-order valence-electron chi connectivity index (χ0n) is 14.2. The van der Waals surface area contributed by atoms with Gasteiger partial charge in [-0.2, -0.15) is 0 Å². The van der Waals surface area contributed by atoms with Crippen LogP contribution in [0.4, 0.5) is 0 Å². The number of fused-ring (bicyclic) bond motifs is 1. The van der Waals surface area contributed by atoms with Crippen LogP contribution in [-0.2, 0) is 16.1 Å². The number of nitrogens with zero attached hydrogens (tertiary/aromatic N) is 2. The van der Waals surface area contributed by atoms with E-state index < -0.39 is 17.9 Å². The number of rotatable bonds is 6. The smallest absolute Gasteiger partial charge is 0.329 e. The van der Waals surface area contributed by atoms with Crippen molar-refractivity contribution in [2.24, 2.45) is 5.92 Å². The van der Waals surface area contributed by atoms with Gasteiger partial charge in [0.05, 0.1) is 12.0 Å². The van der Waals surface area contributed by atoms with Crippen LogP contribution in [0.2, 0.25) is 0 Å². The molecule has 0 saturated carbocycles. The molecule has 0 aliphatic heterocycles. The zero-order chi connectivity index (χ0) is 18.7. The molecule has 0 fully saturated rings. The molecule has 0 bridgehead atoms. The van der Waals surface area contributed by atoms with Crippen molar-refractivity contribution in [1.29, 1.82) is 0 Å². The van der Waals surface area contributed by atoms with Crippen LogP contribution in [0.3, 0.4) is 0 Å². The molecule has 0 saturated heterocycles. The van der Waals surface area contributed by atoms with Crippen LogP contribution in [0.15, 0.2) is 45.3 Å². The van der Waals surface area contributed by atoms with Gasteiger partial charge in [0.1, 0.15) is 12.6 Å². The van der Waals surface area contributed by atoms with Gasteiger partial charge < -0.3 is 14.5 Å².